The first-order chi connectivity index (χ1) is 31.0. The van der Waals surface area contributed by atoms with E-state index in [1.54, 1.807) is 0 Å². The van der Waals surface area contributed by atoms with E-state index < -0.39 is 6.10 Å². The first-order valence-corrected chi connectivity index (χ1v) is 26.8. The van der Waals surface area contributed by atoms with Crippen molar-refractivity contribution in [3.8, 4) is 0 Å². The van der Waals surface area contributed by atoms with Gasteiger partial charge in [0.25, 0.3) is 0 Å². The summed E-state index contributed by atoms with van der Waals surface area (Å²) >= 11 is 0. The van der Waals surface area contributed by atoms with Gasteiger partial charge in [-0.1, -0.05) is 204 Å². The van der Waals surface area contributed by atoms with Crippen molar-refractivity contribution >= 4 is 17.9 Å². The molecule has 0 heterocycles. The second kappa shape index (κ2) is 51.7. The van der Waals surface area contributed by atoms with Crippen LogP contribution in [0.4, 0.5) is 0 Å². The summed E-state index contributed by atoms with van der Waals surface area (Å²) in [4.78, 5) is 38.0. The van der Waals surface area contributed by atoms with Gasteiger partial charge in [0.2, 0.25) is 0 Å². The molecule has 0 saturated carbocycles. The minimum atomic E-state index is -0.787. The lowest BCUT2D eigenvalue weighted by atomic mass is 10.1. The lowest BCUT2D eigenvalue weighted by molar-refractivity contribution is -0.167. The highest BCUT2D eigenvalue weighted by atomic mass is 16.6. The number of allylic oxidation sites excluding steroid dienone is 10. The predicted octanol–water partition coefficient (Wildman–Crippen LogP) is 17.6. The summed E-state index contributed by atoms with van der Waals surface area (Å²) in [5.74, 6) is -0.911. The fourth-order valence-electron chi connectivity index (χ4n) is 7.39. The Morgan fingerprint density at radius 1 is 0.317 bits per heavy atom. The van der Waals surface area contributed by atoms with Crippen LogP contribution in [0.3, 0.4) is 0 Å². The number of unbranched alkanes of at least 4 members (excludes halogenated alkanes) is 27. The van der Waals surface area contributed by atoms with Crippen LogP contribution in [0.25, 0.3) is 0 Å². The van der Waals surface area contributed by atoms with Crippen LogP contribution in [0.2, 0.25) is 0 Å². The van der Waals surface area contributed by atoms with E-state index >= 15 is 0 Å². The van der Waals surface area contributed by atoms with E-state index in [1.807, 2.05) is 0 Å². The van der Waals surface area contributed by atoms with Crippen molar-refractivity contribution in [2.24, 2.45) is 0 Å². The molecule has 63 heavy (non-hydrogen) atoms. The van der Waals surface area contributed by atoms with Gasteiger partial charge in [0.1, 0.15) is 13.2 Å². The second-order valence-electron chi connectivity index (χ2n) is 17.8. The SMILES string of the molecule is CCC/C=C\C/C=C\CCCCCCCC(=O)OCC(COC(=O)CCCCCCCCC/C=C\C/C=C\CCCCC)OC(=O)CCCCCCC/C=C\CCCCCCCC. The maximum atomic E-state index is 12.8. The van der Waals surface area contributed by atoms with Crippen molar-refractivity contribution in [3.05, 3.63) is 60.8 Å². The molecule has 0 rings (SSSR count). The van der Waals surface area contributed by atoms with Crippen LogP contribution >= 0.6 is 0 Å². The van der Waals surface area contributed by atoms with Crippen LogP contribution in [0, 0.1) is 0 Å². The maximum absolute atomic E-state index is 12.8. The van der Waals surface area contributed by atoms with E-state index in [1.165, 1.54) is 116 Å². The fraction of sp³-hybridized carbons (Fsp3) is 0.772. The van der Waals surface area contributed by atoms with Gasteiger partial charge < -0.3 is 14.2 Å². The van der Waals surface area contributed by atoms with E-state index in [2.05, 4.69) is 81.5 Å². The molecule has 6 heteroatoms. The zero-order chi connectivity index (χ0) is 45.8. The molecule has 0 fully saturated rings. The van der Waals surface area contributed by atoms with E-state index in [0.717, 1.165) is 109 Å². The third kappa shape index (κ3) is 50.0. The summed E-state index contributed by atoms with van der Waals surface area (Å²) in [6.45, 7) is 6.53. The van der Waals surface area contributed by atoms with E-state index in [0.29, 0.717) is 19.3 Å². The molecule has 0 aliphatic heterocycles. The Kier molecular flexibility index (Phi) is 49.4. The maximum Gasteiger partial charge on any atom is 0.306 e. The molecule has 0 radical (unpaired) electrons. The molecule has 0 aliphatic rings. The largest absolute Gasteiger partial charge is 0.462 e. The molecule has 6 nitrogen and oxygen atoms in total. The Hall–Kier alpha value is -2.89. The quantitative estimate of drug-likeness (QED) is 0.0262. The van der Waals surface area contributed by atoms with E-state index in [4.69, 9.17) is 14.2 Å². The normalized spacial score (nSPS) is 12.5. The number of rotatable bonds is 48. The van der Waals surface area contributed by atoms with Gasteiger partial charge in [0.15, 0.2) is 6.10 Å². The van der Waals surface area contributed by atoms with Gasteiger partial charge in [-0.15, -0.1) is 0 Å². The number of carbonyl (C=O) groups excluding carboxylic acids is 3. The number of esters is 3. The molecule has 0 saturated heterocycles. The summed E-state index contributed by atoms with van der Waals surface area (Å²) < 4.78 is 16.8. The molecule has 0 bridgehead atoms. The number of hydrogen-bond donors (Lipinski definition) is 0. The van der Waals surface area contributed by atoms with Gasteiger partial charge in [-0.3, -0.25) is 14.4 Å². The lowest BCUT2D eigenvalue weighted by Gasteiger charge is -2.18. The highest BCUT2D eigenvalue weighted by Gasteiger charge is 2.19. The summed E-state index contributed by atoms with van der Waals surface area (Å²) in [5, 5.41) is 0. The van der Waals surface area contributed by atoms with Crippen LogP contribution < -0.4 is 0 Å². The van der Waals surface area contributed by atoms with Gasteiger partial charge in [-0.25, -0.2) is 0 Å². The Balaban J connectivity index is 4.41. The standard InChI is InChI=1S/C57H100O6/c1-4-7-10-13-16-19-22-25-27-28-30-32-35-38-41-44-47-50-56(59)62-53-54(52-61-55(58)49-46-43-40-37-34-31-24-21-18-15-12-9-6-3)63-57(60)51-48-45-42-39-36-33-29-26-23-20-17-14-11-8-5-2/h12,15-16,19,21,24-27,29,54H,4-11,13-14,17-18,20,22-23,28,30-53H2,1-3H3/b15-12-,19-16-,24-21-,27-25-,29-26-. The first kappa shape index (κ1) is 60.1. The third-order valence-electron chi connectivity index (χ3n) is 11.4. The van der Waals surface area contributed by atoms with Crippen molar-refractivity contribution in [1.82, 2.24) is 0 Å². The molecule has 0 aromatic heterocycles. The molecule has 0 aliphatic carbocycles. The summed E-state index contributed by atoms with van der Waals surface area (Å²) in [6, 6.07) is 0. The highest BCUT2D eigenvalue weighted by molar-refractivity contribution is 5.71. The second-order valence-corrected chi connectivity index (χ2v) is 17.8. The summed E-state index contributed by atoms with van der Waals surface area (Å²) in [7, 11) is 0. The average Bonchev–Trinajstić information content (AvgIpc) is 3.28. The Bertz CT molecular complexity index is 1150. The molecule has 0 aromatic carbocycles. The topological polar surface area (TPSA) is 78.9 Å². The zero-order valence-electron chi connectivity index (χ0n) is 41.6. The molecule has 364 valence electrons. The molecule has 0 amide bonds. The molecule has 0 aromatic rings. The zero-order valence-corrected chi connectivity index (χ0v) is 41.6. The van der Waals surface area contributed by atoms with Crippen LogP contribution in [0.1, 0.15) is 265 Å². The fourth-order valence-corrected chi connectivity index (χ4v) is 7.39. The molecular formula is C57H100O6. The van der Waals surface area contributed by atoms with Crippen LogP contribution in [-0.4, -0.2) is 37.2 Å². The van der Waals surface area contributed by atoms with Gasteiger partial charge in [-0.2, -0.15) is 0 Å². The van der Waals surface area contributed by atoms with E-state index in [9.17, 15) is 14.4 Å². The van der Waals surface area contributed by atoms with Gasteiger partial charge in [0, 0.05) is 19.3 Å². The van der Waals surface area contributed by atoms with Crippen molar-refractivity contribution in [2.75, 3.05) is 13.2 Å². The Morgan fingerprint density at radius 3 is 0.984 bits per heavy atom. The van der Waals surface area contributed by atoms with Gasteiger partial charge in [-0.05, 0) is 103 Å². The summed E-state index contributed by atoms with van der Waals surface area (Å²) in [6.07, 6.45) is 63.4. The van der Waals surface area contributed by atoms with E-state index in [-0.39, 0.29) is 31.1 Å². The monoisotopic (exact) mass is 881 g/mol. The minimum Gasteiger partial charge on any atom is -0.462 e. The Morgan fingerprint density at radius 2 is 0.603 bits per heavy atom. The molecule has 1 unspecified atom stereocenters. The number of hydrogen-bond acceptors (Lipinski definition) is 6. The van der Waals surface area contributed by atoms with Crippen molar-refractivity contribution in [2.45, 2.75) is 271 Å². The lowest BCUT2D eigenvalue weighted by Crippen LogP contribution is -2.30. The highest BCUT2D eigenvalue weighted by Crippen LogP contribution is 2.14. The minimum absolute atomic E-state index is 0.0859. The van der Waals surface area contributed by atoms with Crippen LogP contribution in [0.5, 0.6) is 0 Å². The van der Waals surface area contributed by atoms with Crippen LogP contribution in [0.15, 0.2) is 60.8 Å². The molecular weight excluding hydrogens is 781 g/mol. The van der Waals surface area contributed by atoms with Gasteiger partial charge >= 0.3 is 17.9 Å². The average molecular weight is 881 g/mol. The summed E-state index contributed by atoms with van der Waals surface area (Å²) in [5.41, 5.74) is 0. The van der Waals surface area contributed by atoms with Crippen molar-refractivity contribution in [1.29, 1.82) is 0 Å². The molecule has 0 N–H and O–H groups in total. The van der Waals surface area contributed by atoms with Crippen molar-refractivity contribution < 1.29 is 28.6 Å². The number of ether oxygens (including phenoxy) is 3. The van der Waals surface area contributed by atoms with Gasteiger partial charge in [0.05, 0.1) is 0 Å². The number of carbonyl (C=O) groups is 3. The Labute approximate surface area is 390 Å². The smallest absolute Gasteiger partial charge is 0.306 e. The molecule has 1 atom stereocenters. The first-order valence-electron chi connectivity index (χ1n) is 26.8. The third-order valence-corrected chi connectivity index (χ3v) is 11.4. The van der Waals surface area contributed by atoms with Crippen molar-refractivity contribution in [3.63, 3.8) is 0 Å². The molecule has 0 spiro atoms. The predicted molar refractivity (Wildman–Crippen MR) is 270 cm³/mol. The van der Waals surface area contributed by atoms with Crippen LogP contribution in [-0.2, 0) is 28.6 Å².